The Morgan fingerprint density at radius 3 is 2.00 bits per heavy atom. The van der Waals surface area contributed by atoms with Crippen molar-refractivity contribution in [2.24, 2.45) is 0 Å². The van der Waals surface area contributed by atoms with Gasteiger partial charge in [0.2, 0.25) is 0 Å². The lowest BCUT2D eigenvalue weighted by Crippen LogP contribution is -2.06. The van der Waals surface area contributed by atoms with Gasteiger partial charge in [-0.15, -0.1) is 0 Å². The van der Waals surface area contributed by atoms with Crippen LogP contribution in [0.1, 0.15) is 26.2 Å². The summed E-state index contributed by atoms with van der Waals surface area (Å²) in [6, 6.07) is 0. The fourth-order valence-corrected chi connectivity index (χ4v) is 0.954. The molecule has 0 amide bonds. The number of hydrogen-bond donors (Lipinski definition) is 0. The van der Waals surface area contributed by atoms with Crippen LogP contribution in [0.3, 0.4) is 0 Å². The summed E-state index contributed by atoms with van der Waals surface area (Å²) in [5.41, 5.74) is 0. The van der Waals surface area contributed by atoms with Gasteiger partial charge in [-0.3, -0.25) is 0 Å². The Labute approximate surface area is 83.8 Å². The molecule has 0 aromatic heterocycles. The lowest BCUT2D eigenvalue weighted by Gasteiger charge is -2.03. The monoisotopic (exact) mass is 238 g/mol. The SMILES string of the molecule is CCCCOCCOCCCBr. The van der Waals surface area contributed by atoms with Gasteiger partial charge in [-0.1, -0.05) is 29.3 Å². The molecule has 3 heteroatoms. The number of ether oxygens (including phenoxy) is 2. The summed E-state index contributed by atoms with van der Waals surface area (Å²) in [6.45, 7) is 5.34. The van der Waals surface area contributed by atoms with Crippen LogP contribution in [-0.4, -0.2) is 31.8 Å². The zero-order chi connectivity index (χ0) is 9.07. The molecule has 0 atom stereocenters. The number of rotatable bonds is 9. The van der Waals surface area contributed by atoms with Crippen molar-refractivity contribution in [2.75, 3.05) is 31.8 Å². The smallest absolute Gasteiger partial charge is 0.0700 e. The van der Waals surface area contributed by atoms with E-state index in [4.69, 9.17) is 9.47 Å². The van der Waals surface area contributed by atoms with Gasteiger partial charge in [-0.25, -0.2) is 0 Å². The van der Waals surface area contributed by atoms with Gasteiger partial charge in [0.15, 0.2) is 0 Å². The summed E-state index contributed by atoms with van der Waals surface area (Å²) < 4.78 is 10.6. The quantitative estimate of drug-likeness (QED) is 0.455. The van der Waals surface area contributed by atoms with Crippen LogP contribution in [0.25, 0.3) is 0 Å². The molecule has 0 aliphatic rings. The van der Waals surface area contributed by atoms with Gasteiger partial charge in [0.1, 0.15) is 0 Å². The van der Waals surface area contributed by atoms with Crippen LogP contribution in [-0.2, 0) is 9.47 Å². The predicted molar refractivity (Wildman–Crippen MR) is 55.0 cm³/mol. The largest absolute Gasteiger partial charge is 0.379 e. The first-order valence-corrected chi connectivity index (χ1v) is 5.75. The van der Waals surface area contributed by atoms with Crippen LogP contribution in [0, 0.1) is 0 Å². The Morgan fingerprint density at radius 1 is 0.917 bits per heavy atom. The van der Waals surface area contributed by atoms with Gasteiger partial charge in [-0.2, -0.15) is 0 Å². The molecular formula is C9H19BrO2. The van der Waals surface area contributed by atoms with Gasteiger partial charge >= 0.3 is 0 Å². The molecule has 12 heavy (non-hydrogen) atoms. The maximum atomic E-state index is 5.32. The molecule has 0 fully saturated rings. The van der Waals surface area contributed by atoms with Gasteiger partial charge in [0, 0.05) is 18.5 Å². The van der Waals surface area contributed by atoms with E-state index in [1.165, 1.54) is 6.42 Å². The van der Waals surface area contributed by atoms with Gasteiger partial charge in [-0.05, 0) is 12.8 Å². The Balaban J connectivity index is 2.73. The molecule has 0 aromatic carbocycles. The van der Waals surface area contributed by atoms with Crippen LogP contribution in [0.4, 0.5) is 0 Å². The average Bonchev–Trinajstić information content (AvgIpc) is 2.10. The highest BCUT2D eigenvalue weighted by Gasteiger charge is 1.88. The zero-order valence-electron chi connectivity index (χ0n) is 7.85. The third kappa shape index (κ3) is 10.4. The third-order valence-electron chi connectivity index (χ3n) is 1.44. The first-order valence-electron chi connectivity index (χ1n) is 4.63. The maximum Gasteiger partial charge on any atom is 0.0700 e. The van der Waals surface area contributed by atoms with Gasteiger partial charge < -0.3 is 9.47 Å². The number of hydrogen-bond acceptors (Lipinski definition) is 2. The molecule has 74 valence electrons. The van der Waals surface area contributed by atoms with E-state index in [1.54, 1.807) is 0 Å². The minimum Gasteiger partial charge on any atom is -0.379 e. The van der Waals surface area contributed by atoms with Gasteiger partial charge in [0.05, 0.1) is 13.2 Å². The van der Waals surface area contributed by atoms with Crippen molar-refractivity contribution in [3.8, 4) is 0 Å². The highest BCUT2D eigenvalue weighted by atomic mass is 79.9. The molecule has 0 N–H and O–H groups in total. The Kier molecular flexibility index (Phi) is 11.8. The normalized spacial score (nSPS) is 10.5. The van der Waals surface area contributed by atoms with Crippen molar-refractivity contribution in [2.45, 2.75) is 26.2 Å². The molecule has 0 saturated heterocycles. The molecule has 0 heterocycles. The van der Waals surface area contributed by atoms with E-state index in [1.807, 2.05) is 0 Å². The first kappa shape index (κ1) is 12.4. The van der Waals surface area contributed by atoms with Crippen molar-refractivity contribution in [3.05, 3.63) is 0 Å². The summed E-state index contributed by atoms with van der Waals surface area (Å²) >= 11 is 3.34. The predicted octanol–water partition coefficient (Wildman–Crippen LogP) is 2.60. The molecule has 0 aliphatic carbocycles. The molecule has 0 bridgehead atoms. The minimum absolute atomic E-state index is 0.733. The van der Waals surface area contributed by atoms with E-state index in [9.17, 15) is 0 Å². The highest BCUT2D eigenvalue weighted by molar-refractivity contribution is 9.09. The Morgan fingerprint density at radius 2 is 1.50 bits per heavy atom. The molecule has 2 nitrogen and oxygen atoms in total. The van der Waals surface area contributed by atoms with Crippen LogP contribution < -0.4 is 0 Å². The van der Waals surface area contributed by atoms with Crippen molar-refractivity contribution in [1.29, 1.82) is 0 Å². The molecular weight excluding hydrogens is 220 g/mol. The second-order valence-corrected chi connectivity index (χ2v) is 3.41. The van der Waals surface area contributed by atoms with Crippen molar-refractivity contribution >= 4 is 15.9 Å². The summed E-state index contributed by atoms with van der Waals surface area (Å²) in [5.74, 6) is 0. The lowest BCUT2D eigenvalue weighted by molar-refractivity contribution is 0.0473. The van der Waals surface area contributed by atoms with E-state index in [2.05, 4.69) is 22.9 Å². The van der Waals surface area contributed by atoms with Crippen molar-refractivity contribution < 1.29 is 9.47 Å². The van der Waals surface area contributed by atoms with E-state index in [0.717, 1.165) is 44.6 Å². The van der Waals surface area contributed by atoms with Crippen LogP contribution in [0.15, 0.2) is 0 Å². The summed E-state index contributed by atoms with van der Waals surface area (Å²) in [5, 5.41) is 1.02. The maximum absolute atomic E-state index is 5.32. The number of halogens is 1. The molecule has 0 aliphatic heterocycles. The molecule has 0 rings (SSSR count). The van der Waals surface area contributed by atoms with Crippen LogP contribution >= 0.6 is 15.9 Å². The van der Waals surface area contributed by atoms with Crippen LogP contribution in [0.5, 0.6) is 0 Å². The third-order valence-corrected chi connectivity index (χ3v) is 2.00. The fourth-order valence-electron chi connectivity index (χ4n) is 0.725. The zero-order valence-corrected chi connectivity index (χ0v) is 9.44. The topological polar surface area (TPSA) is 18.5 Å². The Hall–Kier alpha value is 0.400. The van der Waals surface area contributed by atoms with Crippen LogP contribution in [0.2, 0.25) is 0 Å². The molecule has 0 saturated carbocycles. The van der Waals surface area contributed by atoms with E-state index >= 15 is 0 Å². The summed E-state index contributed by atoms with van der Waals surface area (Å²) in [6.07, 6.45) is 3.43. The fraction of sp³-hybridized carbons (Fsp3) is 1.00. The second kappa shape index (κ2) is 11.4. The van der Waals surface area contributed by atoms with E-state index in [-0.39, 0.29) is 0 Å². The summed E-state index contributed by atoms with van der Waals surface area (Å²) in [4.78, 5) is 0. The standard InChI is InChI=1S/C9H19BrO2/c1-2-3-6-11-8-9-12-7-4-5-10/h2-9H2,1H3. The molecule has 0 aromatic rings. The first-order chi connectivity index (χ1) is 5.91. The van der Waals surface area contributed by atoms with Gasteiger partial charge in [0.25, 0.3) is 0 Å². The Bertz CT molecular complexity index is 68.9. The average molecular weight is 239 g/mol. The minimum atomic E-state index is 0.733. The van der Waals surface area contributed by atoms with Crippen molar-refractivity contribution in [3.63, 3.8) is 0 Å². The molecule has 0 spiro atoms. The van der Waals surface area contributed by atoms with Crippen molar-refractivity contribution in [1.82, 2.24) is 0 Å². The van der Waals surface area contributed by atoms with E-state index < -0.39 is 0 Å². The highest BCUT2D eigenvalue weighted by Crippen LogP contribution is 1.90. The lowest BCUT2D eigenvalue weighted by atomic mass is 10.4. The van der Waals surface area contributed by atoms with E-state index in [0.29, 0.717) is 0 Å². The molecule has 0 radical (unpaired) electrons. The number of alkyl halides is 1. The summed E-state index contributed by atoms with van der Waals surface area (Å²) in [7, 11) is 0. The number of unbranched alkanes of at least 4 members (excludes halogenated alkanes) is 1. The molecule has 0 unspecified atom stereocenters. The second-order valence-electron chi connectivity index (χ2n) is 2.62.